The molecule has 22 heavy (non-hydrogen) atoms. The Morgan fingerprint density at radius 3 is 1.32 bits per heavy atom. The molecule has 0 atom stereocenters. The van der Waals surface area contributed by atoms with Crippen LogP contribution >= 0.6 is 0 Å². The molecule has 0 nitrogen and oxygen atoms in total. The predicted octanol–water partition coefficient (Wildman–Crippen LogP) is 4.10. The van der Waals surface area contributed by atoms with Crippen LogP contribution in [0.2, 0.25) is 0 Å². The molecule has 0 unspecified atom stereocenters. The van der Waals surface area contributed by atoms with Crippen molar-refractivity contribution >= 4 is 34.7 Å². The Balaban J connectivity index is 2.52. The summed E-state index contributed by atoms with van der Waals surface area (Å²) in [5.74, 6) is 0. The van der Waals surface area contributed by atoms with Crippen LogP contribution in [0.4, 0.5) is 0 Å². The van der Waals surface area contributed by atoms with Crippen LogP contribution in [0.3, 0.4) is 0 Å². The minimum atomic E-state index is 1.04. The van der Waals surface area contributed by atoms with E-state index in [0.717, 1.165) is 10.4 Å². The van der Waals surface area contributed by atoms with Gasteiger partial charge in [-0.15, -0.1) is 0 Å². The van der Waals surface area contributed by atoms with E-state index in [4.69, 9.17) is 0 Å². The third kappa shape index (κ3) is 1.85. The Bertz CT molecular complexity index is 1100. The first-order valence-electron chi connectivity index (χ1n) is 7.43. The first-order valence-corrected chi connectivity index (χ1v) is 7.43. The molecule has 0 bridgehead atoms. The number of hydrogen-bond acceptors (Lipinski definition) is 0. The Morgan fingerprint density at radius 2 is 0.864 bits per heavy atom. The summed E-state index contributed by atoms with van der Waals surface area (Å²) in [7, 11) is 0. The highest BCUT2D eigenvalue weighted by Gasteiger charge is 2.00. The zero-order valence-electron chi connectivity index (χ0n) is 12.3. The topological polar surface area (TPSA) is 0 Å². The van der Waals surface area contributed by atoms with Crippen LogP contribution in [0.1, 0.15) is 0 Å². The van der Waals surface area contributed by atoms with Gasteiger partial charge in [0.15, 0.2) is 0 Å². The van der Waals surface area contributed by atoms with Crippen LogP contribution in [0.5, 0.6) is 0 Å². The number of benzene rings is 4. The van der Waals surface area contributed by atoms with Gasteiger partial charge in [0.1, 0.15) is 0 Å². The van der Waals surface area contributed by atoms with E-state index >= 15 is 0 Å². The molecule has 0 fully saturated rings. The number of fused-ring (bicyclic) bond motifs is 2. The van der Waals surface area contributed by atoms with Gasteiger partial charge in [-0.05, 0) is 42.4 Å². The van der Waals surface area contributed by atoms with Crippen molar-refractivity contribution in [2.24, 2.45) is 0 Å². The standard InChI is InChI=1S/C22H16/c1-15-11-13-17-7-3-5-9-19(17)21(15)22-16(2)12-14-18-8-4-6-10-20(18)22/h3-14H,1-2H2/b22-21+. The van der Waals surface area contributed by atoms with Crippen LogP contribution < -0.4 is 10.4 Å². The van der Waals surface area contributed by atoms with E-state index in [1.54, 1.807) is 0 Å². The molecule has 0 aliphatic heterocycles. The van der Waals surface area contributed by atoms with Crippen molar-refractivity contribution in [1.29, 1.82) is 0 Å². The quantitative estimate of drug-likeness (QED) is 0.455. The fourth-order valence-corrected chi connectivity index (χ4v) is 3.22. The molecule has 4 rings (SSSR count). The molecule has 0 N–H and O–H groups in total. The molecule has 0 aromatic heterocycles. The summed E-state index contributed by atoms with van der Waals surface area (Å²) < 4.78 is 0. The van der Waals surface area contributed by atoms with Gasteiger partial charge in [0.05, 0.1) is 0 Å². The lowest BCUT2D eigenvalue weighted by Crippen LogP contribution is -2.08. The minimum Gasteiger partial charge on any atom is -0.0911 e. The van der Waals surface area contributed by atoms with Crippen LogP contribution in [0, 0.1) is 10.4 Å². The fraction of sp³-hybridized carbons (Fsp3) is 0. The predicted molar refractivity (Wildman–Crippen MR) is 95.9 cm³/mol. The Hall–Kier alpha value is -2.86. The Labute approximate surface area is 129 Å². The number of hydrogen-bond donors (Lipinski definition) is 0. The summed E-state index contributed by atoms with van der Waals surface area (Å²) in [6.07, 6.45) is 0. The van der Waals surface area contributed by atoms with Gasteiger partial charge in [0.2, 0.25) is 0 Å². The molecule has 0 saturated heterocycles. The fourth-order valence-electron chi connectivity index (χ4n) is 3.22. The molecule has 0 aliphatic rings. The van der Waals surface area contributed by atoms with E-state index in [1.807, 2.05) is 0 Å². The molecule has 4 aromatic carbocycles. The zero-order chi connectivity index (χ0) is 15.1. The first-order chi connectivity index (χ1) is 10.8. The van der Waals surface area contributed by atoms with Crippen LogP contribution in [-0.4, -0.2) is 0 Å². The van der Waals surface area contributed by atoms with Gasteiger partial charge in [-0.2, -0.15) is 0 Å². The third-order valence-corrected chi connectivity index (χ3v) is 4.28. The van der Waals surface area contributed by atoms with E-state index in [1.165, 1.54) is 32.0 Å². The first kappa shape index (κ1) is 12.8. The van der Waals surface area contributed by atoms with Crippen LogP contribution in [0.25, 0.3) is 34.7 Å². The largest absolute Gasteiger partial charge is 0.0911 e. The van der Waals surface area contributed by atoms with E-state index in [0.29, 0.717) is 0 Å². The van der Waals surface area contributed by atoms with Crippen molar-refractivity contribution in [3.05, 3.63) is 93.7 Å². The lowest BCUT2D eigenvalue weighted by Gasteiger charge is -2.04. The van der Waals surface area contributed by atoms with Crippen LogP contribution in [-0.2, 0) is 0 Å². The lowest BCUT2D eigenvalue weighted by atomic mass is 10.0. The molecule has 4 aromatic rings. The summed E-state index contributed by atoms with van der Waals surface area (Å²) >= 11 is 0. The maximum atomic E-state index is 4.27. The van der Waals surface area contributed by atoms with Gasteiger partial charge in [0, 0.05) is 0 Å². The third-order valence-electron chi connectivity index (χ3n) is 4.28. The molecule has 0 aliphatic carbocycles. The van der Waals surface area contributed by atoms with Crippen molar-refractivity contribution in [2.75, 3.05) is 0 Å². The lowest BCUT2D eigenvalue weighted by molar-refractivity contribution is 1.48. The average molecular weight is 280 g/mol. The molecule has 104 valence electrons. The second-order valence-corrected chi connectivity index (χ2v) is 5.64. The van der Waals surface area contributed by atoms with Gasteiger partial charge in [-0.3, -0.25) is 0 Å². The van der Waals surface area contributed by atoms with Crippen molar-refractivity contribution in [1.82, 2.24) is 0 Å². The summed E-state index contributed by atoms with van der Waals surface area (Å²) in [5, 5.41) is 9.40. The van der Waals surface area contributed by atoms with Crippen molar-refractivity contribution in [3.63, 3.8) is 0 Å². The van der Waals surface area contributed by atoms with E-state index < -0.39 is 0 Å². The van der Waals surface area contributed by atoms with Gasteiger partial charge < -0.3 is 0 Å². The molecule has 0 spiro atoms. The van der Waals surface area contributed by atoms with Gasteiger partial charge in [-0.25, -0.2) is 0 Å². The summed E-state index contributed by atoms with van der Waals surface area (Å²) in [6.45, 7) is 8.53. The van der Waals surface area contributed by atoms with Gasteiger partial charge in [0.25, 0.3) is 0 Å². The molecular formula is C22H16. The monoisotopic (exact) mass is 280 g/mol. The summed E-state index contributed by atoms with van der Waals surface area (Å²) in [5.41, 5.74) is 0. The molecule has 0 saturated carbocycles. The summed E-state index contributed by atoms with van der Waals surface area (Å²) in [6, 6.07) is 25.4. The zero-order valence-corrected chi connectivity index (χ0v) is 12.3. The molecule has 0 heterocycles. The Morgan fingerprint density at radius 1 is 0.455 bits per heavy atom. The van der Waals surface area contributed by atoms with Gasteiger partial charge >= 0.3 is 0 Å². The highest BCUT2D eigenvalue weighted by atomic mass is 14.0. The average Bonchev–Trinajstić information content (AvgIpc) is 2.56. The summed E-state index contributed by atoms with van der Waals surface area (Å²) in [4.78, 5) is 0. The minimum absolute atomic E-state index is 1.04. The highest BCUT2D eigenvalue weighted by molar-refractivity contribution is 5.87. The highest BCUT2D eigenvalue weighted by Crippen LogP contribution is 2.16. The van der Waals surface area contributed by atoms with Crippen molar-refractivity contribution in [2.45, 2.75) is 0 Å². The second-order valence-electron chi connectivity index (χ2n) is 5.64. The van der Waals surface area contributed by atoms with E-state index in [2.05, 4.69) is 86.0 Å². The SMILES string of the molecule is C=c1ccc2ccccc2/c1=c1\c(=C)ccc2ccccc12. The maximum Gasteiger partial charge on any atom is -0.00267 e. The number of rotatable bonds is 0. The Kier molecular flexibility index (Phi) is 2.83. The van der Waals surface area contributed by atoms with E-state index in [-0.39, 0.29) is 0 Å². The maximum absolute atomic E-state index is 4.27. The molecule has 0 radical (unpaired) electrons. The molecule has 0 amide bonds. The normalized spacial score (nSPS) is 12.7. The van der Waals surface area contributed by atoms with Crippen LogP contribution in [0.15, 0.2) is 72.8 Å². The smallest absolute Gasteiger partial charge is 0.00267 e. The van der Waals surface area contributed by atoms with E-state index in [9.17, 15) is 0 Å². The van der Waals surface area contributed by atoms with Crippen molar-refractivity contribution < 1.29 is 0 Å². The second kappa shape index (κ2) is 4.85. The van der Waals surface area contributed by atoms with Gasteiger partial charge in [-0.1, -0.05) is 86.0 Å². The van der Waals surface area contributed by atoms with Crippen molar-refractivity contribution in [3.8, 4) is 0 Å². The molecular weight excluding hydrogens is 264 g/mol. The molecule has 0 heteroatoms.